The molecule has 0 bridgehead atoms. The van der Waals surface area contributed by atoms with E-state index in [0.29, 0.717) is 0 Å². The van der Waals surface area contributed by atoms with Crippen LogP contribution in [-0.4, -0.2) is 22.5 Å². The summed E-state index contributed by atoms with van der Waals surface area (Å²) in [4.78, 5) is 16.6. The average Bonchev–Trinajstić information content (AvgIpc) is 2.89. The summed E-state index contributed by atoms with van der Waals surface area (Å²) in [6.07, 6.45) is 5.05. The van der Waals surface area contributed by atoms with E-state index in [2.05, 4.69) is 10.3 Å². The summed E-state index contributed by atoms with van der Waals surface area (Å²) < 4.78 is 1.60. The van der Waals surface area contributed by atoms with Crippen molar-refractivity contribution in [3.05, 3.63) is 46.0 Å². The first kappa shape index (κ1) is 12.4. The molecule has 2 aromatic rings. The lowest BCUT2D eigenvalue weighted by Gasteiger charge is -2.08. The van der Waals surface area contributed by atoms with Gasteiger partial charge in [0, 0.05) is 18.0 Å². The first-order chi connectivity index (χ1) is 9.22. The molecule has 1 unspecified atom stereocenters. The van der Waals surface area contributed by atoms with Gasteiger partial charge in [-0.25, -0.2) is 4.98 Å². The van der Waals surface area contributed by atoms with Gasteiger partial charge in [-0.15, -0.1) is 0 Å². The molecule has 0 aliphatic carbocycles. The van der Waals surface area contributed by atoms with E-state index in [-0.39, 0.29) is 5.56 Å². The Kier molecular flexibility index (Phi) is 3.34. The van der Waals surface area contributed by atoms with Gasteiger partial charge in [0.05, 0.1) is 0 Å². The molecule has 1 aliphatic rings. The smallest absolute Gasteiger partial charge is 0.258 e. The molecule has 1 fully saturated rings. The summed E-state index contributed by atoms with van der Waals surface area (Å²) in [6, 6.07) is 5.56. The van der Waals surface area contributed by atoms with E-state index in [0.717, 1.165) is 48.8 Å². The summed E-state index contributed by atoms with van der Waals surface area (Å²) in [5.41, 5.74) is 2.82. The zero-order valence-electron chi connectivity index (χ0n) is 11.2. The maximum atomic E-state index is 12.0. The van der Waals surface area contributed by atoms with Crippen molar-refractivity contribution in [2.75, 3.05) is 13.1 Å². The Hall–Kier alpha value is -1.68. The second kappa shape index (κ2) is 5.13. The summed E-state index contributed by atoms with van der Waals surface area (Å²) in [5, 5.41) is 3.37. The van der Waals surface area contributed by atoms with Crippen LogP contribution in [0.5, 0.6) is 0 Å². The van der Waals surface area contributed by atoms with E-state index < -0.39 is 0 Å². The molecule has 19 heavy (non-hydrogen) atoms. The minimum atomic E-state index is 0.0181. The van der Waals surface area contributed by atoms with Crippen LogP contribution in [0.1, 0.15) is 24.1 Å². The Bertz CT molecular complexity index is 641. The van der Waals surface area contributed by atoms with Crippen LogP contribution >= 0.6 is 0 Å². The number of fused-ring (bicyclic) bond motifs is 1. The number of nitrogens with zero attached hydrogens (tertiary/aromatic N) is 2. The molecule has 0 saturated carbocycles. The normalized spacial score (nSPS) is 19.1. The molecule has 100 valence electrons. The highest BCUT2D eigenvalue weighted by Crippen LogP contribution is 2.15. The van der Waals surface area contributed by atoms with E-state index in [1.54, 1.807) is 16.7 Å². The van der Waals surface area contributed by atoms with Crippen LogP contribution in [0.25, 0.3) is 5.65 Å². The average molecular weight is 257 g/mol. The van der Waals surface area contributed by atoms with Gasteiger partial charge in [-0.1, -0.05) is 0 Å². The van der Waals surface area contributed by atoms with Gasteiger partial charge < -0.3 is 5.32 Å². The molecule has 1 saturated heterocycles. The molecule has 2 aromatic heterocycles. The lowest BCUT2D eigenvalue weighted by molar-refractivity contribution is 0.529. The molecule has 0 amide bonds. The molecule has 4 nitrogen and oxygen atoms in total. The lowest BCUT2D eigenvalue weighted by atomic mass is 10.0. The highest BCUT2D eigenvalue weighted by Gasteiger charge is 2.14. The molecule has 0 radical (unpaired) electrons. The van der Waals surface area contributed by atoms with Crippen LogP contribution in [0, 0.1) is 12.8 Å². The van der Waals surface area contributed by atoms with Crippen molar-refractivity contribution in [2.24, 2.45) is 5.92 Å². The van der Waals surface area contributed by atoms with Gasteiger partial charge in [-0.3, -0.25) is 9.20 Å². The Balaban J connectivity index is 1.85. The second-order valence-corrected chi connectivity index (χ2v) is 5.42. The quantitative estimate of drug-likeness (QED) is 0.907. The van der Waals surface area contributed by atoms with E-state index in [9.17, 15) is 4.79 Å². The third-order valence-corrected chi connectivity index (χ3v) is 3.85. The minimum Gasteiger partial charge on any atom is -0.316 e. The SMILES string of the molecule is Cc1ccn2c(=O)cc(CCC3CCNC3)nc2c1. The standard InChI is InChI=1S/C15H19N3O/c1-11-5-7-18-14(8-11)17-13(9-15(18)19)3-2-12-4-6-16-10-12/h5,7-9,12,16H,2-4,6,10H2,1H3. The van der Waals surface area contributed by atoms with E-state index in [4.69, 9.17) is 0 Å². The van der Waals surface area contributed by atoms with Crippen molar-refractivity contribution in [1.82, 2.24) is 14.7 Å². The largest absolute Gasteiger partial charge is 0.316 e. The highest BCUT2D eigenvalue weighted by atomic mass is 16.1. The predicted molar refractivity (Wildman–Crippen MR) is 75.5 cm³/mol. The maximum absolute atomic E-state index is 12.0. The zero-order chi connectivity index (χ0) is 13.2. The summed E-state index contributed by atoms with van der Waals surface area (Å²) >= 11 is 0. The van der Waals surface area contributed by atoms with Gasteiger partial charge in [-0.05, 0) is 62.9 Å². The summed E-state index contributed by atoms with van der Waals surface area (Å²) in [7, 11) is 0. The molecular weight excluding hydrogens is 238 g/mol. The summed E-state index contributed by atoms with van der Waals surface area (Å²) in [6.45, 7) is 4.24. The van der Waals surface area contributed by atoms with Gasteiger partial charge in [0.2, 0.25) is 0 Å². The number of aromatic nitrogens is 2. The minimum absolute atomic E-state index is 0.0181. The van der Waals surface area contributed by atoms with Crippen molar-refractivity contribution in [1.29, 1.82) is 0 Å². The number of aryl methyl sites for hydroxylation is 2. The molecule has 1 N–H and O–H groups in total. The first-order valence-corrected chi connectivity index (χ1v) is 6.92. The van der Waals surface area contributed by atoms with Crippen molar-refractivity contribution >= 4 is 5.65 Å². The molecule has 0 aromatic carbocycles. The van der Waals surface area contributed by atoms with Gasteiger partial charge >= 0.3 is 0 Å². The first-order valence-electron chi connectivity index (χ1n) is 6.92. The number of pyridine rings is 1. The fraction of sp³-hybridized carbons (Fsp3) is 0.467. The molecule has 4 heteroatoms. The number of hydrogen-bond acceptors (Lipinski definition) is 3. The predicted octanol–water partition coefficient (Wildman–Crippen LogP) is 1.55. The number of nitrogens with one attached hydrogen (secondary N) is 1. The number of rotatable bonds is 3. The Labute approximate surface area is 112 Å². The van der Waals surface area contributed by atoms with Gasteiger partial charge in [0.25, 0.3) is 5.56 Å². The Morgan fingerprint density at radius 1 is 1.47 bits per heavy atom. The fourth-order valence-electron chi connectivity index (χ4n) is 2.69. The molecular formula is C15H19N3O. The van der Waals surface area contributed by atoms with Gasteiger partial charge in [-0.2, -0.15) is 0 Å². The maximum Gasteiger partial charge on any atom is 0.258 e. The van der Waals surface area contributed by atoms with Crippen LogP contribution in [0.3, 0.4) is 0 Å². The van der Waals surface area contributed by atoms with E-state index in [1.165, 1.54) is 6.42 Å². The molecule has 3 heterocycles. The highest BCUT2D eigenvalue weighted by molar-refractivity contribution is 5.41. The second-order valence-electron chi connectivity index (χ2n) is 5.42. The van der Waals surface area contributed by atoms with Crippen LogP contribution < -0.4 is 10.9 Å². The monoisotopic (exact) mass is 257 g/mol. The number of hydrogen-bond donors (Lipinski definition) is 1. The fourth-order valence-corrected chi connectivity index (χ4v) is 2.69. The Morgan fingerprint density at radius 2 is 2.37 bits per heavy atom. The van der Waals surface area contributed by atoms with Gasteiger partial charge in [0.15, 0.2) is 0 Å². The van der Waals surface area contributed by atoms with Crippen LogP contribution in [0.15, 0.2) is 29.2 Å². The van der Waals surface area contributed by atoms with E-state index >= 15 is 0 Å². The van der Waals surface area contributed by atoms with Crippen LogP contribution in [-0.2, 0) is 6.42 Å². The van der Waals surface area contributed by atoms with Crippen LogP contribution in [0.4, 0.5) is 0 Å². The topological polar surface area (TPSA) is 46.4 Å². The van der Waals surface area contributed by atoms with Crippen molar-refractivity contribution < 1.29 is 0 Å². The molecule has 0 spiro atoms. The molecule has 1 atom stereocenters. The van der Waals surface area contributed by atoms with E-state index in [1.807, 2.05) is 19.1 Å². The Morgan fingerprint density at radius 3 is 3.16 bits per heavy atom. The third kappa shape index (κ3) is 2.68. The molecule has 1 aliphatic heterocycles. The third-order valence-electron chi connectivity index (χ3n) is 3.85. The van der Waals surface area contributed by atoms with Crippen molar-refractivity contribution in [3.63, 3.8) is 0 Å². The molecule has 3 rings (SSSR count). The van der Waals surface area contributed by atoms with Crippen molar-refractivity contribution in [3.8, 4) is 0 Å². The van der Waals surface area contributed by atoms with Crippen molar-refractivity contribution in [2.45, 2.75) is 26.2 Å². The van der Waals surface area contributed by atoms with Gasteiger partial charge in [0.1, 0.15) is 5.65 Å². The van der Waals surface area contributed by atoms with Crippen LogP contribution in [0.2, 0.25) is 0 Å². The zero-order valence-corrected chi connectivity index (χ0v) is 11.2. The summed E-state index contributed by atoms with van der Waals surface area (Å²) in [5.74, 6) is 0.734. The lowest BCUT2D eigenvalue weighted by Crippen LogP contribution is -2.16.